The second-order valence-electron chi connectivity index (χ2n) is 5.75. The summed E-state index contributed by atoms with van der Waals surface area (Å²) in [6, 6.07) is 6.44. The highest BCUT2D eigenvalue weighted by atomic mass is 16.5. The standard InChI is InChI=1S/C18H20N4O5/c1-4-7-22-16(20)15(17(24)21(2)18(22)25)12(23)10-27-13-6-5-11(9-19)8-14(13)26-3/h5-6,8H,4,7,10,20H2,1-3H3. The quantitative estimate of drug-likeness (QED) is 0.707. The van der Waals surface area contributed by atoms with Gasteiger partial charge in [0, 0.05) is 19.7 Å². The van der Waals surface area contributed by atoms with Crippen LogP contribution in [0.1, 0.15) is 29.3 Å². The minimum atomic E-state index is -0.773. The third-order valence-electron chi connectivity index (χ3n) is 3.96. The van der Waals surface area contributed by atoms with Gasteiger partial charge in [-0.05, 0) is 18.6 Å². The summed E-state index contributed by atoms with van der Waals surface area (Å²) < 4.78 is 12.6. The van der Waals surface area contributed by atoms with E-state index in [0.717, 1.165) is 4.57 Å². The van der Waals surface area contributed by atoms with Crippen LogP contribution < -0.4 is 26.5 Å². The first-order chi connectivity index (χ1) is 12.8. The fourth-order valence-electron chi connectivity index (χ4n) is 2.56. The summed E-state index contributed by atoms with van der Waals surface area (Å²) in [5.41, 5.74) is 4.64. The number of nitrogens with two attached hydrogens (primary N) is 1. The van der Waals surface area contributed by atoms with Gasteiger partial charge in [-0.25, -0.2) is 4.79 Å². The highest BCUT2D eigenvalue weighted by Gasteiger charge is 2.22. The number of carbonyl (C=O) groups is 1. The van der Waals surface area contributed by atoms with Gasteiger partial charge in [0.25, 0.3) is 5.56 Å². The number of rotatable bonds is 7. The normalized spacial score (nSPS) is 10.3. The Morgan fingerprint density at radius 2 is 2.00 bits per heavy atom. The number of Topliss-reactive ketones (excluding diaryl/α,β-unsaturated/α-hetero) is 1. The highest BCUT2D eigenvalue weighted by molar-refractivity contribution is 6.00. The lowest BCUT2D eigenvalue weighted by Crippen LogP contribution is -2.43. The molecule has 1 aromatic heterocycles. The Labute approximate surface area is 155 Å². The van der Waals surface area contributed by atoms with Gasteiger partial charge >= 0.3 is 5.69 Å². The number of methoxy groups -OCH3 is 1. The van der Waals surface area contributed by atoms with Crippen molar-refractivity contribution in [2.24, 2.45) is 7.05 Å². The second-order valence-corrected chi connectivity index (χ2v) is 5.75. The Kier molecular flexibility index (Phi) is 6.03. The second kappa shape index (κ2) is 8.23. The van der Waals surface area contributed by atoms with Crippen molar-refractivity contribution >= 4 is 11.6 Å². The Morgan fingerprint density at radius 1 is 1.30 bits per heavy atom. The summed E-state index contributed by atoms with van der Waals surface area (Å²) in [6.07, 6.45) is 0.606. The predicted octanol–water partition coefficient (Wildman–Crippen LogP) is 0.681. The molecule has 0 atom stereocenters. The number of anilines is 1. The molecule has 0 radical (unpaired) electrons. The number of ketones is 1. The molecule has 1 aromatic carbocycles. The van der Waals surface area contributed by atoms with E-state index in [0.29, 0.717) is 12.0 Å². The zero-order valence-electron chi connectivity index (χ0n) is 15.3. The fraction of sp³-hybridized carbons (Fsp3) is 0.333. The first-order valence-electron chi connectivity index (χ1n) is 8.19. The van der Waals surface area contributed by atoms with E-state index in [-0.39, 0.29) is 29.4 Å². The summed E-state index contributed by atoms with van der Waals surface area (Å²) in [7, 11) is 2.69. The van der Waals surface area contributed by atoms with Gasteiger partial charge in [0.15, 0.2) is 18.1 Å². The minimum Gasteiger partial charge on any atom is -0.493 e. The zero-order chi connectivity index (χ0) is 20.1. The van der Waals surface area contributed by atoms with Crippen LogP contribution in [0, 0.1) is 11.3 Å². The molecule has 1 heterocycles. The molecule has 0 bridgehead atoms. The van der Waals surface area contributed by atoms with E-state index in [2.05, 4.69) is 0 Å². The van der Waals surface area contributed by atoms with Gasteiger partial charge in [-0.3, -0.25) is 18.7 Å². The summed E-state index contributed by atoms with van der Waals surface area (Å²) in [5.74, 6) is -0.324. The molecule has 9 heteroatoms. The number of nitrogens with zero attached hydrogens (tertiary/aromatic N) is 3. The van der Waals surface area contributed by atoms with Gasteiger partial charge < -0.3 is 15.2 Å². The van der Waals surface area contributed by atoms with Crippen LogP contribution in [0.15, 0.2) is 27.8 Å². The smallest absolute Gasteiger partial charge is 0.332 e. The van der Waals surface area contributed by atoms with Crippen LogP contribution in [-0.4, -0.2) is 28.6 Å². The topological polar surface area (TPSA) is 129 Å². The number of benzene rings is 1. The van der Waals surface area contributed by atoms with Gasteiger partial charge in [0.1, 0.15) is 11.4 Å². The molecule has 0 saturated heterocycles. The monoisotopic (exact) mass is 372 g/mol. The average Bonchev–Trinajstić information content (AvgIpc) is 2.68. The summed E-state index contributed by atoms with van der Waals surface area (Å²) in [5, 5.41) is 8.92. The Hall–Kier alpha value is -3.54. The lowest BCUT2D eigenvalue weighted by atomic mass is 10.2. The molecule has 0 aliphatic heterocycles. The third kappa shape index (κ3) is 3.84. The number of hydrogen-bond acceptors (Lipinski definition) is 7. The van der Waals surface area contributed by atoms with Crippen molar-refractivity contribution in [1.82, 2.24) is 9.13 Å². The number of nitrogen functional groups attached to an aromatic ring is 1. The highest BCUT2D eigenvalue weighted by Crippen LogP contribution is 2.28. The molecule has 2 aromatic rings. The van der Waals surface area contributed by atoms with Crippen LogP contribution in [0.2, 0.25) is 0 Å². The van der Waals surface area contributed by atoms with Crippen LogP contribution in [0.3, 0.4) is 0 Å². The zero-order valence-corrected chi connectivity index (χ0v) is 15.3. The van der Waals surface area contributed by atoms with E-state index >= 15 is 0 Å². The van der Waals surface area contributed by atoms with E-state index in [9.17, 15) is 14.4 Å². The number of hydrogen-bond donors (Lipinski definition) is 1. The van der Waals surface area contributed by atoms with Gasteiger partial charge in [-0.2, -0.15) is 5.26 Å². The molecule has 142 valence electrons. The Balaban J connectivity index is 2.36. The van der Waals surface area contributed by atoms with Crippen molar-refractivity contribution in [1.29, 1.82) is 5.26 Å². The van der Waals surface area contributed by atoms with Crippen LogP contribution >= 0.6 is 0 Å². The van der Waals surface area contributed by atoms with Crippen molar-refractivity contribution in [2.75, 3.05) is 19.5 Å². The first kappa shape index (κ1) is 19.8. The maximum Gasteiger partial charge on any atom is 0.332 e. The average molecular weight is 372 g/mol. The number of nitriles is 1. The molecule has 2 N–H and O–H groups in total. The number of aromatic nitrogens is 2. The fourth-order valence-corrected chi connectivity index (χ4v) is 2.56. The van der Waals surface area contributed by atoms with E-state index in [4.69, 9.17) is 20.5 Å². The van der Waals surface area contributed by atoms with E-state index in [1.807, 2.05) is 13.0 Å². The van der Waals surface area contributed by atoms with Gasteiger partial charge in [-0.15, -0.1) is 0 Å². The maximum absolute atomic E-state index is 12.6. The van der Waals surface area contributed by atoms with Crippen LogP contribution in [0.5, 0.6) is 11.5 Å². The van der Waals surface area contributed by atoms with Crippen molar-refractivity contribution < 1.29 is 14.3 Å². The summed E-state index contributed by atoms with van der Waals surface area (Å²) in [6.45, 7) is 1.65. The molecule has 9 nitrogen and oxygen atoms in total. The SMILES string of the molecule is CCCn1c(N)c(C(=O)COc2ccc(C#N)cc2OC)c(=O)n(C)c1=O. The largest absolute Gasteiger partial charge is 0.493 e. The molecule has 0 spiro atoms. The Morgan fingerprint density at radius 3 is 2.59 bits per heavy atom. The lowest BCUT2D eigenvalue weighted by Gasteiger charge is -2.14. The molecule has 0 amide bonds. The van der Waals surface area contributed by atoms with E-state index in [1.165, 1.54) is 36.9 Å². The van der Waals surface area contributed by atoms with Crippen LogP contribution in [0.25, 0.3) is 0 Å². The van der Waals surface area contributed by atoms with Crippen LogP contribution in [0.4, 0.5) is 5.82 Å². The summed E-state index contributed by atoms with van der Waals surface area (Å²) >= 11 is 0. The van der Waals surface area contributed by atoms with Crippen LogP contribution in [-0.2, 0) is 13.6 Å². The van der Waals surface area contributed by atoms with Crippen molar-refractivity contribution in [3.63, 3.8) is 0 Å². The van der Waals surface area contributed by atoms with Crippen molar-refractivity contribution in [2.45, 2.75) is 19.9 Å². The molecule has 0 saturated carbocycles. The molecule has 0 fully saturated rings. The molecule has 2 rings (SSSR count). The third-order valence-corrected chi connectivity index (χ3v) is 3.96. The predicted molar refractivity (Wildman–Crippen MR) is 98.2 cm³/mol. The van der Waals surface area contributed by atoms with E-state index < -0.39 is 23.6 Å². The Bertz CT molecular complexity index is 1030. The lowest BCUT2D eigenvalue weighted by molar-refractivity contribution is 0.0917. The minimum absolute atomic E-state index is 0.176. The number of carbonyl (C=O) groups excluding carboxylic acids is 1. The molecule has 0 unspecified atom stereocenters. The summed E-state index contributed by atoms with van der Waals surface area (Å²) in [4.78, 5) is 37.1. The van der Waals surface area contributed by atoms with Crippen molar-refractivity contribution in [3.05, 3.63) is 50.2 Å². The molecular formula is C18H20N4O5. The molecular weight excluding hydrogens is 352 g/mol. The van der Waals surface area contributed by atoms with E-state index in [1.54, 1.807) is 0 Å². The van der Waals surface area contributed by atoms with Gasteiger partial charge in [0.2, 0.25) is 5.78 Å². The molecule has 0 aliphatic carbocycles. The van der Waals surface area contributed by atoms with Crippen molar-refractivity contribution in [3.8, 4) is 17.6 Å². The molecule has 27 heavy (non-hydrogen) atoms. The molecule has 0 aliphatic rings. The first-order valence-corrected chi connectivity index (χ1v) is 8.19. The van der Waals surface area contributed by atoms with Gasteiger partial charge in [0.05, 0.1) is 18.7 Å². The number of ether oxygens (including phenoxy) is 2. The maximum atomic E-state index is 12.6. The van der Waals surface area contributed by atoms with Gasteiger partial charge in [-0.1, -0.05) is 6.92 Å².